The van der Waals surface area contributed by atoms with E-state index in [1.165, 1.54) is 6.07 Å². The molecule has 2 bridgehead atoms. The van der Waals surface area contributed by atoms with Gasteiger partial charge in [-0.1, -0.05) is 6.07 Å². The van der Waals surface area contributed by atoms with E-state index >= 15 is 0 Å². The highest BCUT2D eigenvalue weighted by molar-refractivity contribution is 7.84. The molecule has 4 aromatic rings. The van der Waals surface area contributed by atoms with Crippen molar-refractivity contribution in [3.63, 3.8) is 0 Å². The molecular formula is C30H31F2N7O3S. The molecule has 2 aliphatic heterocycles. The number of hydrogen-bond acceptors (Lipinski definition) is 7. The molecule has 13 heteroatoms. The minimum atomic E-state index is -3.03. The molecule has 1 amide bonds. The van der Waals surface area contributed by atoms with Gasteiger partial charge in [0.25, 0.3) is 5.91 Å². The van der Waals surface area contributed by atoms with Crippen LogP contribution >= 0.6 is 0 Å². The molecule has 1 aromatic carbocycles. The zero-order valence-electron chi connectivity index (χ0n) is 24.2. The Hall–Kier alpha value is -3.84. The van der Waals surface area contributed by atoms with Crippen LogP contribution in [0.4, 0.5) is 8.78 Å². The number of imidazole rings is 1. The van der Waals surface area contributed by atoms with E-state index in [1.54, 1.807) is 36.5 Å². The van der Waals surface area contributed by atoms with Gasteiger partial charge in [-0.25, -0.2) is 28.9 Å². The van der Waals surface area contributed by atoms with E-state index < -0.39 is 33.9 Å². The number of alkyl halides is 2. The first-order chi connectivity index (χ1) is 20.5. The maximum absolute atomic E-state index is 13.4. The molecule has 43 heavy (non-hydrogen) atoms. The summed E-state index contributed by atoms with van der Waals surface area (Å²) in [6.45, 7) is 2.75. The zero-order chi connectivity index (χ0) is 30.3. The minimum Gasteiger partial charge on any atom is -0.434 e. The molecule has 5 heterocycles. The average molecular weight is 608 g/mol. The van der Waals surface area contributed by atoms with Crippen LogP contribution in [0.3, 0.4) is 0 Å². The van der Waals surface area contributed by atoms with E-state index in [0.29, 0.717) is 51.6 Å². The van der Waals surface area contributed by atoms with Gasteiger partial charge in [0, 0.05) is 42.6 Å². The Balaban J connectivity index is 1.28. The van der Waals surface area contributed by atoms with Crippen LogP contribution in [0.25, 0.3) is 22.4 Å². The number of amides is 1. The van der Waals surface area contributed by atoms with E-state index in [0.717, 1.165) is 19.3 Å². The van der Waals surface area contributed by atoms with Crippen LogP contribution in [0.2, 0.25) is 0 Å². The third kappa shape index (κ3) is 4.43. The molecule has 1 saturated carbocycles. The molecule has 3 atom stereocenters. The molecule has 1 N–H and O–H groups in total. The quantitative estimate of drug-likeness (QED) is 0.327. The molecule has 3 aromatic heterocycles. The van der Waals surface area contributed by atoms with Crippen LogP contribution in [0.15, 0.2) is 42.7 Å². The maximum Gasteiger partial charge on any atom is 0.387 e. The second-order valence-corrected chi connectivity index (χ2v) is 14.3. The highest BCUT2D eigenvalue weighted by Gasteiger charge is 2.46. The third-order valence-corrected chi connectivity index (χ3v) is 10.4. The third-order valence-electron chi connectivity index (χ3n) is 8.68. The molecular weight excluding hydrogens is 576 g/mol. The van der Waals surface area contributed by atoms with Gasteiger partial charge in [-0.2, -0.15) is 8.78 Å². The Labute approximate surface area is 249 Å². The lowest BCUT2D eigenvalue weighted by Crippen LogP contribution is -2.53. The number of rotatable bonds is 6. The highest BCUT2D eigenvalue weighted by Crippen LogP contribution is 2.50. The van der Waals surface area contributed by atoms with Crippen molar-refractivity contribution in [1.29, 1.82) is 0 Å². The van der Waals surface area contributed by atoms with Crippen LogP contribution in [0.1, 0.15) is 86.1 Å². The van der Waals surface area contributed by atoms with Crippen molar-refractivity contribution in [3.05, 3.63) is 65.5 Å². The predicted molar refractivity (Wildman–Crippen MR) is 156 cm³/mol. The lowest BCUT2D eigenvalue weighted by Gasteiger charge is -2.42. The number of halogens is 2. The molecule has 0 spiro atoms. The van der Waals surface area contributed by atoms with Crippen molar-refractivity contribution in [2.75, 3.05) is 7.05 Å². The fraction of sp³-hybridized carbons (Fsp3) is 0.433. The van der Waals surface area contributed by atoms with E-state index in [9.17, 15) is 17.8 Å². The zero-order valence-corrected chi connectivity index (χ0v) is 25.0. The van der Waals surface area contributed by atoms with E-state index in [4.69, 9.17) is 14.7 Å². The summed E-state index contributed by atoms with van der Waals surface area (Å²) in [5.74, 6) is 0.957. The summed E-state index contributed by atoms with van der Waals surface area (Å²) < 4.78 is 49.4. The number of hydrogen-bond donors (Lipinski definition) is 1. The number of ether oxygens (including phenoxy) is 1. The van der Waals surface area contributed by atoms with Gasteiger partial charge < -0.3 is 14.2 Å². The van der Waals surface area contributed by atoms with Crippen molar-refractivity contribution < 1.29 is 22.5 Å². The number of fused-ring (bicyclic) bond motifs is 9. The topological polar surface area (TPSA) is 115 Å². The molecule has 0 saturated heterocycles. The van der Waals surface area contributed by atoms with Gasteiger partial charge in [0.1, 0.15) is 22.9 Å². The molecule has 0 unspecified atom stereocenters. The summed E-state index contributed by atoms with van der Waals surface area (Å²) in [4.78, 5) is 34.1. The van der Waals surface area contributed by atoms with Gasteiger partial charge >= 0.3 is 6.61 Å². The summed E-state index contributed by atoms with van der Waals surface area (Å²) >= 11 is 0. The lowest BCUT2D eigenvalue weighted by atomic mass is 9.77. The standard InChI is InChI=1S/C30H31F2N7O3S/c1-29(2,3)43(41)37-30(11-6-12-30)27-33-14-16(15-34-27)18-9-10-19-24(35-18)39-20-13-21(25(39)36-19)38(4)26(40)17-7-5-8-22(23(17)20)42-28(31)32/h5,7-10,14-15,20-21,28,37H,6,11-13H2,1-4H3/t20-,21-,43-/m1/s1. The Kier molecular flexibility index (Phi) is 6.40. The Morgan fingerprint density at radius 1 is 1.09 bits per heavy atom. The first-order valence-corrected chi connectivity index (χ1v) is 15.4. The van der Waals surface area contributed by atoms with Gasteiger partial charge in [0.15, 0.2) is 5.65 Å². The molecule has 1 fully saturated rings. The van der Waals surface area contributed by atoms with Gasteiger partial charge in [-0.05, 0) is 64.3 Å². The van der Waals surface area contributed by atoms with Crippen molar-refractivity contribution in [3.8, 4) is 17.0 Å². The number of carbonyl (C=O) groups is 1. The Morgan fingerprint density at radius 3 is 2.49 bits per heavy atom. The smallest absolute Gasteiger partial charge is 0.387 e. The van der Waals surface area contributed by atoms with Crippen LogP contribution in [0, 0.1) is 0 Å². The van der Waals surface area contributed by atoms with E-state index in [1.807, 2.05) is 37.5 Å². The van der Waals surface area contributed by atoms with E-state index in [-0.39, 0.29) is 17.7 Å². The number of carbonyl (C=O) groups excluding carboxylic acids is 1. The normalized spacial score (nSPS) is 21.4. The summed E-state index contributed by atoms with van der Waals surface area (Å²) in [5.41, 5.74) is 2.73. The van der Waals surface area contributed by atoms with Crippen LogP contribution in [-0.2, 0) is 16.5 Å². The van der Waals surface area contributed by atoms with Crippen molar-refractivity contribution >= 4 is 28.1 Å². The first kappa shape index (κ1) is 28.0. The second kappa shape index (κ2) is 9.84. The number of pyridine rings is 1. The lowest BCUT2D eigenvalue weighted by molar-refractivity contribution is -0.0507. The maximum atomic E-state index is 13.4. The highest BCUT2D eigenvalue weighted by atomic mass is 32.2. The van der Waals surface area contributed by atoms with Gasteiger partial charge in [0.2, 0.25) is 0 Å². The number of nitrogens with zero attached hydrogens (tertiary/aromatic N) is 6. The number of aromatic nitrogens is 5. The summed E-state index contributed by atoms with van der Waals surface area (Å²) in [7, 11) is 0.437. The molecule has 3 aliphatic rings. The number of benzene rings is 1. The van der Waals surface area contributed by atoms with Gasteiger partial charge in [-0.15, -0.1) is 0 Å². The average Bonchev–Trinajstić information content (AvgIpc) is 3.47. The van der Waals surface area contributed by atoms with E-state index in [2.05, 4.69) is 14.7 Å². The fourth-order valence-corrected chi connectivity index (χ4v) is 7.20. The summed E-state index contributed by atoms with van der Waals surface area (Å²) in [6, 6.07) is 7.53. The van der Waals surface area contributed by atoms with Crippen LogP contribution in [-0.4, -0.2) is 57.9 Å². The largest absolute Gasteiger partial charge is 0.434 e. The molecule has 224 valence electrons. The Bertz CT molecular complexity index is 1780. The van der Waals surface area contributed by atoms with Crippen molar-refractivity contribution in [2.45, 2.75) is 75.4 Å². The molecule has 7 rings (SSSR count). The van der Waals surface area contributed by atoms with Gasteiger partial charge in [0.05, 0.1) is 39.0 Å². The summed E-state index contributed by atoms with van der Waals surface area (Å²) in [5, 5.41) is 0. The fourth-order valence-electron chi connectivity index (χ4n) is 6.24. The molecule has 10 nitrogen and oxygen atoms in total. The van der Waals surface area contributed by atoms with Crippen LogP contribution < -0.4 is 9.46 Å². The minimum absolute atomic E-state index is 0.0272. The Morgan fingerprint density at radius 2 is 1.84 bits per heavy atom. The van der Waals surface area contributed by atoms with Crippen molar-refractivity contribution in [1.82, 2.24) is 34.1 Å². The molecule has 0 radical (unpaired) electrons. The van der Waals surface area contributed by atoms with Crippen LogP contribution in [0.5, 0.6) is 5.75 Å². The SMILES string of the molecule is CN1C(=O)c2cccc(OC(F)F)c2[C@H]2C[C@@H]1c1nc3ccc(-c4cnc(C5(N[S@](=O)C(C)(C)C)CCC5)nc4)nc3n12. The second-order valence-electron chi connectivity index (χ2n) is 12.4. The summed E-state index contributed by atoms with van der Waals surface area (Å²) in [6.07, 6.45) is 6.52. The van der Waals surface area contributed by atoms with Crippen molar-refractivity contribution in [2.24, 2.45) is 0 Å². The predicted octanol–water partition coefficient (Wildman–Crippen LogP) is 5.04. The monoisotopic (exact) mass is 607 g/mol. The number of nitrogens with one attached hydrogen (secondary N) is 1. The van der Waals surface area contributed by atoms with Gasteiger partial charge in [-0.3, -0.25) is 4.79 Å². The molecule has 1 aliphatic carbocycles. The first-order valence-electron chi connectivity index (χ1n) is 14.2.